The minimum absolute atomic E-state index is 0.197. The lowest BCUT2D eigenvalue weighted by molar-refractivity contribution is 0.0551. The maximum Gasteiger partial charge on any atom is 0.415 e. The molecule has 2 amide bonds. The molecule has 3 aromatic rings. The second-order valence-electron chi connectivity index (χ2n) is 8.27. The predicted octanol–water partition coefficient (Wildman–Crippen LogP) is 4.05. The topological polar surface area (TPSA) is 62.7 Å². The van der Waals surface area contributed by atoms with Crippen LogP contribution in [0.1, 0.15) is 28.2 Å². The summed E-state index contributed by atoms with van der Waals surface area (Å²) in [5.41, 5.74) is 1.90. The molecular weight excluding hydrogens is 409 g/mol. The third kappa shape index (κ3) is 3.93. The SMILES string of the molecule is O=C(c1cccc(Cc2cccc(F)c2)n1)N1CC[C@]2(C1)CN(c1ccccc1)C(=O)O2. The van der Waals surface area contributed by atoms with Gasteiger partial charge in [0, 0.05) is 30.8 Å². The van der Waals surface area contributed by atoms with Gasteiger partial charge in [0.25, 0.3) is 5.91 Å². The van der Waals surface area contributed by atoms with E-state index in [9.17, 15) is 14.0 Å². The average Bonchev–Trinajstić information content (AvgIpc) is 3.36. The molecule has 0 bridgehead atoms. The highest BCUT2D eigenvalue weighted by atomic mass is 19.1. The van der Waals surface area contributed by atoms with E-state index >= 15 is 0 Å². The number of aromatic nitrogens is 1. The van der Waals surface area contributed by atoms with Gasteiger partial charge in [0.15, 0.2) is 5.60 Å². The van der Waals surface area contributed by atoms with Crippen LogP contribution in [0.5, 0.6) is 0 Å². The number of benzene rings is 2. The molecule has 0 unspecified atom stereocenters. The van der Waals surface area contributed by atoms with Crippen LogP contribution in [0, 0.1) is 5.82 Å². The summed E-state index contributed by atoms with van der Waals surface area (Å²) in [7, 11) is 0. The molecule has 2 saturated heterocycles. The number of halogens is 1. The summed E-state index contributed by atoms with van der Waals surface area (Å²) in [5, 5.41) is 0. The summed E-state index contributed by atoms with van der Waals surface area (Å²) < 4.78 is 19.2. The van der Waals surface area contributed by atoms with Crippen molar-refractivity contribution in [3.8, 4) is 0 Å². The van der Waals surface area contributed by atoms with Crippen molar-refractivity contribution in [2.24, 2.45) is 0 Å². The molecule has 32 heavy (non-hydrogen) atoms. The van der Waals surface area contributed by atoms with Crippen LogP contribution in [0.3, 0.4) is 0 Å². The molecule has 2 aliphatic heterocycles. The predicted molar refractivity (Wildman–Crippen MR) is 117 cm³/mol. The lowest BCUT2D eigenvalue weighted by Gasteiger charge is -2.22. The van der Waals surface area contributed by atoms with E-state index in [4.69, 9.17) is 4.74 Å². The molecule has 0 N–H and O–H groups in total. The van der Waals surface area contributed by atoms with Crippen molar-refractivity contribution in [3.05, 3.63) is 95.6 Å². The summed E-state index contributed by atoms with van der Waals surface area (Å²) in [6, 6.07) is 21.0. The van der Waals surface area contributed by atoms with Gasteiger partial charge in [-0.2, -0.15) is 0 Å². The van der Waals surface area contributed by atoms with E-state index in [0.717, 1.165) is 11.3 Å². The van der Waals surface area contributed by atoms with Gasteiger partial charge in [0.2, 0.25) is 0 Å². The van der Waals surface area contributed by atoms with Crippen molar-refractivity contribution in [2.75, 3.05) is 24.5 Å². The zero-order valence-electron chi connectivity index (χ0n) is 17.4. The van der Waals surface area contributed by atoms with Crippen LogP contribution < -0.4 is 4.90 Å². The first-order valence-corrected chi connectivity index (χ1v) is 10.6. The normalized spacial score (nSPS) is 20.1. The average molecular weight is 431 g/mol. The maximum absolute atomic E-state index is 13.5. The van der Waals surface area contributed by atoms with Crippen LogP contribution >= 0.6 is 0 Å². The molecular formula is C25H22FN3O3. The molecule has 0 saturated carbocycles. The lowest BCUT2D eigenvalue weighted by atomic mass is 10.0. The Hall–Kier alpha value is -3.74. The number of carbonyl (C=O) groups excluding carboxylic acids is 2. The number of amides is 2. The molecule has 1 aromatic heterocycles. The van der Waals surface area contributed by atoms with Gasteiger partial charge in [0.05, 0.1) is 13.1 Å². The summed E-state index contributed by atoms with van der Waals surface area (Å²) in [5.74, 6) is -0.495. The Labute approximate surface area is 185 Å². The second kappa shape index (κ2) is 8.07. The third-order valence-corrected chi connectivity index (χ3v) is 5.94. The number of para-hydroxylation sites is 1. The lowest BCUT2D eigenvalue weighted by Crippen LogP contribution is -2.39. The first-order chi connectivity index (χ1) is 15.5. The van der Waals surface area contributed by atoms with E-state index in [1.165, 1.54) is 12.1 Å². The van der Waals surface area contributed by atoms with Gasteiger partial charge in [-0.15, -0.1) is 0 Å². The molecule has 162 valence electrons. The van der Waals surface area contributed by atoms with Crippen LogP contribution in [0.4, 0.5) is 14.9 Å². The largest absolute Gasteiger partial charge is 0.439 e. The van der Waals surface area contributed by atoms with Crippen molar-refractivity contribution >= 4 is 17.7 Å². The number of rotatable bonds is 4. The molecule has 2 fully saturated rings. The highest BCUT2D eigenvalue weighted by molar-refractivity contribution is 5.93. The minimum atomic E-state index is -0.707. The maximum atomic E-state index is 13.5. The molecule has 3 heterocycles. The van der Waals surface area contributed by atoms with Crippen molar-refractivity contribution in [1.82, 2.24) is 9.88 Å². The van der Waals surface area contributed by atoms with Crippen LogP contribution in [-0.4, -0.2) is 47.1 Å². The van der Waals surface area contributed by atoms with Crippen molar-refractivity contribution < 1.29 is 18.7 Å². The van der Waals surface area contributed by atoms with Crippen LogP contribution in [0.25, 0.3) is 0 Å². The number of anilines is 1. The molecule has 1 spiro atoms. The van der Waals surface area contributed by atoms with Crippen molar-refractivity contribution in [2.45, 2.75) is 18.4 Å². The number of carbonyl (C=O) groups is 2. The third-order valence-electron chi connectivity index (χ3n) is 5.94. The monoisotopic (exact) mass is 431 g/mol. The molecule has 2 aliphatic rings. The molecule has 5 rings (SSSR count). The van der Waals surface area contributed by atoms with Crippen LogP contribution in [0.2, 0.25) is 0 Å². The molecule has 0 aliphatic carbocycles. The van der Waals surface area contributed by atoms with Crippen molar-refractivity contribution in [3.63, 3.8) is 0 Å². The Morgan fingerprint density at radius 1 is 1.03 bits per heavy atom. The summed E-state index contributed by atoms with van der Waals surface area (Å²) >= 11 is 0. The summed E-state index contributed by atoms with van der Waals surface area (Å²) in [4.78, 5) is 33.4. The van der Waals surface area contributed by atoms with E-state index in [2.05, 4.69) is 4.98 Å². The fraction of sp³-hybridized carbons (Fsp3) is 0.240. The Morgan fingerprint density at radius 3 is 2.66 bits per heavy atom. The molecule has 0 radical (unpaired) electrons. The van der Waals surface area contributed by atoms with Gasteiger partial charge >= 0.3 is 6.09 Å². The molecule has 1 atom stereocenters. The van der Waals surface area contributed by atoms with Gasteiger partial charge < -0.3 is 9.64 Å². The number of nitrogens with zero attached hydrogens (tertiary/aromatic N) is 3. The highest BCUT2D eigenvalue weighted by Gasteiger charge is 2.51. The van der Waals surface area contributed by atoms with Crippen LogP contribution in [0.15, 0.2) is 72.8 Å². The number of pyridine rings is 1. The molecule has 6 nitrogen and oxygen atoms in total. The second-order valence-corrected chi connectivity index (χ2v) is 8.27. The van der Waals surface area contributed by atoms with E-state index in [1.807, 2.05) is 42.5 Å². The number of hydrogen-bond acceptors (Lipinski definition) is 4. The fourth-order valence-electron chi connectivity index (χ4n) is 4.38. The Balaban J connectivity index is 1.29. The number of hydrogen-bond donors (Lipinski definition) is 0. The highest BCUT2D eigenvalue weighted by Crippen LogP contribution is 2.35. The zero-order chi connectivity index (χ0) is 22.1. The van der Waals surface area contributed by atoms with Gasteiger partial charge in [-0.25, -0.2) is 14.2 Å². The number of ether oxygens (including phenoxy) is 1. The quantitative estimate of drug-likeness (QED) is 0.625. The van der Waals surface area contributed by atoms with Gasteiger partial charge in [-0.05, 0) is 42.0 Å². The van der Waals surface area contributed by atoms with Gasteiger partial charge in [0.1, 0.15) is 11.5 Å². The number of likely N-dealkylation sites (tertiary alicyclic amines) is 1. The van der Waals surface area contributed by atoms with Crippen molar-refractivity contribution in [1.29, 1.82) is 0 Å². The summed E-state index contributed by atoms with van der Waals surface area (Å²) in [6.07, 6.45) is 0.629. The first kappa shape index (κ1) is 20.2. The summed E-state index contributed by atoms with van der Waals surface area (Å²) in [6.45, 7) is 1.23. The fourth-order valence-corrected chi connectivity index (χ4v) is 4.38. The zero-order valence-corrected chi connectivity index (χ0v) is 17.4. The first-order valence-electron chi connectivity index (χ1n) is 10.6. The van der Waals surface area contributed by atoms with E-state index in [1.54, 1.807) is 28.0 Å². The Morgan fingerprint density at radius 2 is 1.84 bits per heavy atom. The standard InChI is InChI=1S/C25H22FN3O3/c26-19-7-4-6-18(14-19)15-20-8-5-11-22(27-20)23(30)28-13-12-25(16-28)17-29(24(31)32-25)21-9-2-1-3-10-21/h1-11,14H,12-13,15-17H2/t25-/m0/s1. The van der Waals surface area contributed by atoms with Crippen LogP contribution in [-0.2, 0) is 11.2 Å². The Bertz CT molecular complexity index is 1170. The van der Waals surface area contributed by atoms with Gasteiger partial charge in [-0.1, -0.05) is 36.4 Å². The Kier molecular flexibility index (Phi) is 5.09. The molecule has 7 heteroatoms. The van der Waals surface area contributed by atoms with Gasteiger partial charge in [-0.3, -0.25) is 9.69 Å². The smallest absolute Gasteiger partial charge is 0.415 e. The minimum Gasteiger partial charge on any atom is -0.439 e. The molecule has 2 aromatic carbocycles. The van der Waals surface area contributed by atoms with E-state index in [0.29, 0.717) is 43.9 Å². The van der Waals surface area contributed by atoms with E-state index < -0.39 is 5.60 Å². The van der Waals surface area contributed by atoms with E-state index in [-0.39, 0.29) is 17.8 Å².